The number of benzene rings is 2. The molecule has 4 rings (SSSR count). The third-order valence-corrected chi connectivity index (χ3v) is 4.55. The van der Waals surface area contributed by atoms with E-state index in [0.717, 1.165) is 23.1 Å². The standard InChI is InChI=1S/C21H18N6O5/c1-31-18-8-2-14(3-9-18)10-20-24-21(25-32-20)15-4-6-16(7-5-15)23-19(28)13-26-12-17(11-22-26)27(29)30/h2-9,11-12H,10,13H2,1H3,(H,23,28). The highest BCUT2D eigenvalue weighted by atomic mass is 16.6. The Morgan fingerprint density at radius 2 is 1.94 bits per heavy atom. The van der Waals surface area contributed by atoms with E-state index in [0.29, 0.717) is 23.8 Å². The number of hydrogen-bond acceptors (Lipinski definition) is 8. The highest BCUT2D eigenvalue weighted by molar-refractivity contribution is 5.90. The van der Waals surface area contributed by atoms with Crippen molar-refractivity contribution >= 4 is 17.3 Å². The molecule has 4 aromatic rings. The number of methoxy groups -OCH3 is 1. The van der Waals surface area contributed by atoms with Gasteiger partial charge in [0.2, 0.25) is 17.6 Å². The van der Waals surface area contributed by atoms with Gasteiger partial charge < -0.3 is 14.6 Å². The number of nitrogens with one attached hydrogen (secondary N) is 1. The van der Waals surface area contributed by atoms with Crippen LogP contribution >= 0.6 is 0 Å². The lowest BCUT2D eigenvalue weighted by Crippen LogP contribution is -2.18. The van der Waals surface area contributed by atoms with Gasteiger partial charge in [-0.1, -0.05) is 17.3 Å². The van der Waals surface area contributed by atoms with Crippen molar-refractivity contribution in [3.05, 3.63) is 82.5 Å². The topological polar surface area (TPSA) is 138 Å². The number of aromatic nitrogens is 4. The molecule has 11 heteroatoms. The van der Waals surface area contributed by atoms with Gasteiger partial charge in [-0.3, -0.25) is 19.6 Å². The lowest BCUT2D eigenvalue weighted by atomic mass is 10.1. The largest absolute Gasteiger partial charge is 0.497 e. The van der Waals surface area contributed by atoms with Gasteiger partial charge in [-0.2, -0.15) is 10.1 Å². The maximum Gasteiger partial charge on any atom is 0.307 e. The Morgan fingerprint density at radius 1 is 1.19 bits per heavy atom. The zero-order chi connectivity index (χ0) is 22.5. The van der Waals surface area contributed by atoms with Crippen LogP contribution in [0.25, 0.3) is 11.4 Å². The Hall–Kier alpha value is -4.54. The predicted octanol–water partition coefficient (Wildman–Crippen LogP) is 3.08. The van der Waals surface area contributed by atoms with E-state index in [1.807, 2.05) is 24.3 Å². The fourth-order valence-electron chi connectivity index (χ4n) is 2.95. The average Bonchev–Trinajstić information content (AvgIpc) is 3.45. The smallest absolute Gasteiger partial charge is 0.307 e. The number of ether oxygens (including phenoxy) is 1. The van der Waals surface area contributed by atoms with Crippen LogP contribution in [0, 0.1) is 10.1 Å². The molecule has 0 atom stereocenters. The fourth-order valence-corrected chi connectivity index (χ4v) is 2.95. The summed E-state index contributed by atoms with van der Waals surface area (Å²) in [5.74, 6) is 1.33. The molecule has 0 bridgehead atoms. The molecule has 1 amide bonds. The monoisotopic (exact) mass is 434 g/mol. The Balaban J connectivity index is 1.35. The van der Waals surface area contributed by atoms with Crippen molar-refractivity contribution < 1.29 is 19.0 Å². The Bertz CT molecular complexity index is 1230. The maximum absolute atomic E-state index is 12.1. The minimum atomic E-state index is -0.569. The summed E-state index contributed by atoms with van der Waals surface area (Å²) in [4.78, 5) is 26.7. The second-order valence-corrected chi connectivity index (χ2v) is 6.82. The molecule has 0 saturated carbocycles. The second-order valence-electron chi connectivity index (χ2n) is 6.82. The molecule has 32 heavy (non-hydrogen) atoms. The molecular formula is C21H18N6O5. The van der Waals surface area contributed by atoms with E-state index < -0.39 is 4.92 Å². The van der Waals surface area contributed by atoms with E-state index in [1.165, 1.54) is 10.9 Å². The Kier molecular flexibility index (Phi) is 5.88. The highest BCUT2D eigenvalue weighted by Crippen LogP contribution is 2.20. The predicted molar refractivity (Wildman–Crippen MR) is 113 cm³/mol. The summed E-state index contributed by atoms with van der Waals surface area (Å²) in [6.07, 6.45) is 2.79. The molecule has 11 nitrogen and oxygen atoms in total. The van der Waals surface area contributed by atoms with Crippen molar-refractivity contribution in [3.8, 4) is 17.1 Å². The van der Waals surface area contributed by atoms with Crippen LogP contribution in [0.1, 0.15) is 11.5 Å². The van der Waals surface area contributed by atoms with Gasteiger partial charge in [0.1, 0.15) is 24.7 Å². The zero-order valence-corrected chi connectivity index (χ0v) is 17.0. The summed E-state index contributed by atoms with van der Waals surface area (Å²) in [5.41, 5.74) is 2.13. The molecular weight excluding hydrogens is 416 g/mol. The average molecular weight is 434 g/mol. The molecule has 0 spiro atoms. The van der Waals surface area contributed by atoms with Crippen molar-refractivity contribution in [1.29, 1.82) is 0 Å². The molecule has 0 aliphatic rings. The van der Waals surface area contributed by atoms with Crippen molar-refractivity contribution in [2.75, 3.05) is 12.4 Å². The summed E-state index contributed by atoms with van der Waals surface area (Å²) < 4.78 is 11.7. The van der Waals surface area contributed by atoms with E-state index in [9.17, 15) is 14.9 Å². The first-order chi connectivity index (χ1) is 15.5. The molecule has 2 heterocycles. The molecule has 0 fully saturated rings. The van der Waals surface area contributed by atoms with Crippen LogP contribution < -0.4 is 10.1 Å². The van der Waals surface area contributed by atoms with Gasteiger partial charge in [-0.25, -0.2) is 0 Å². The lowest BCUT2D eigenvalue weighted by molar-refractivity contribution is -0.385. The molecule has 162 valence electrons. The zero-order valence-electron chi connectivity index (χ0n) is 17.0. The minimum Gasteiger partial charge on any atom is -0.497 e. The summed E-state index contributed by atoms with van der Waals surface area (Å²) >= 11 is 0. The van der Waals surface area contributed by atoms with E-state index in [-0.39, 0.29) is 18.1 Å². The van der Waals surface area contributed by atoms with Gasteiger partial charge in [0.25, 0.3) is 0 Å². The molecule has 2 aromatic carbocycles. The third kappa shape index (κ3) is 4.95. The Labute approximate surface area is 181 Å². The number of hydrogen-bond donors (Lipinski definition) is 1. The number of anilines is 1. The molecule has 0 saturated heterocycles. The van der Waals surface area contributed by atoms with Crippen molar-refractivity contribution in [2.45, 2.75) is 13.0 Å². The summed E-state index contributed by atoms with van der Waals surface area (Å²) in [5, 5.41) is 21.2. The van der Waals surface area contributed by atoms with Crippen LogP contribution in [0.5, 0.6) is 5.75 Å². The van der Waals surface area contributed by atoms with Gasteiger partial charge in [0.05, 0.1) is 18.5 Å². The lowest BCUT2D eigenvalue weighted by Gasteiger charge is -2.05. The molecule has 0 aliphatic carbocycles. The van der Waals surface area contributed by atoms with Gasteiger partial charge in [0.15, 0.2) is 0 Å². The molecule has 0 unspecified atom stereocenters. The normalized spacial score (nSPS) is 10.7. The number of carbonyl (C=O) groups is 1. The quantitative estimate of drug-likeness (QED) is 0.330. The van der Waals surface area contributed by atoms with Crippen molar-refractivity contribution in [1.82, 2.24) is 19.9 Å². The number of amides is 1. The number of carbonyl (C=O) groups excluding carboxylic acids is 1. The number of rotatable bonds is 8. The molecule has 0 radical (unpaired) electrons. The molecule has 0 aliphatic heterocycles. The van der Waals surface area contributed by atoms with Crippen LogP contribution in [-0.2, 0) is 17.8 Å². The van der Waals surface area contributed by atoms with Gasteiger partial charge in [-0.15, -0.1) is 0 Å². The first-order valence-electron chi connectivity index (χ1n) is 9.53. The first kappa shape index (κ1) is 20.7. The fraction of sp³-hybridized carbons (Fsp3) is 0.143. The van der Waals surface area contributed by atoms with E-state index in [2.05, 4.69) is 20.6 Å². The Morgan fingerprint density at radius 3 is 2.59 bits per heavy atom. The van der Waals surface area contributed by atoms with Gasteiger partial charge in [-0.05, 0) is 42.0 Å². The third-order valence-electron chi connectivity index (χ3n) is 4.55. The van der Waals surface area contributed by atoms with Crippen LogP contribution in [0.15, 0.2) is 65.4 Å². The van der Waals surface area contributed by atoms with Gasteiger partial charge in [0, 0.05) is 11.3 Å². The number of nitro groups is 1. The SMILES string of the molecule is COc1ccc(Cc2nc(-c3ccc(NC(=O)Cn4cc([N+](=O)[O-])cn4)cc3)no2)cc1. The van der Waals surface area contributed by atoms with Crippen LogP contribution in [0.3, 0.4) is 0 Å². The minimum absolute atomic E-state index is 0.144. The summed E-state index contributed by atoms with van der Waals surface area (Å²) in [6, 6.07) is 14.5. The van der Waals surface area contributed by atoms with Crippen molar-refractivity contribution in [3.63, 3.8) is 0 Å². The number of nitrogens with zero attached hydrogens (tertiary/aromatic N) is 5. The van der Waals surface area contributed by atoms with Crippen molar-refractivity contribution in [2.24, 2.45) is 0 Å². The molecule has 2 aromatic heterocycles. The highest BCUT2D eigenvalue weighted by Gasteiger charge is 2.12. The summed E-state index contributed by atoms with van der Waals surface area (Å²) in [6.45, 7) is -0.144. The first-order valence-corrected chi connectivity index (χ1v) is 9.53. The second kappa shape index (κ2) is 9.08. The maximum atomic E-state index is 12.1. The van der Waals surface area contributed by atoms with E-state index >= 15 is 0 Å². The van der Waals surface area contributed by atoms with Crippen LogP contribution in [-0.4, -0.2) is 37.9 Å². The van der Waals surface area contributed by atoms with Gasteiger partial charge >= 0.3 is 5.69 Å². The van der Waals surface area contributed by atoms with E-state index in [1.54, 1.807) is 31.4 Å². The van der Waals surface area contributed by atoms with Crippen LogP contribution in [0.4, 0.5) is 11.4 Å². The molecule has 1 N–H and O–H groups in total. The van der Waals surface area contributed by atoms with E-state index in [4.69, 9.17) is 9.26 Å². The van der Waals surface area contributed by atoms with Crippen LogP contribution in [0.2, 0.25) is 0 Å². The summed E-state index contributed by atoms with van der Waals surface area (Å²) in [7, 11) is 1.61.